The lowest BCUT2D eigenvalue weighted by Crippen LogP contribution is -2.24. The van der Waals surface area contributed by atoms with Crippen LogP contribution in [-0.4, -0.2) is 42.3 Å². The highest BCUT2D eigenvalue weighted by Gasteiger charge is 2.28. The van der Waals surface area contributed by atoms with Gasteiger partial charge in [-0.3, -0.25) is 4.79 Å². The molecule has 1 aromatic carbocycles. The quantitative estimate of drug-likeness (QED) is 0.369. The first-order valence-electron chi connectivity index (χ1n) is 8.46. The maximum absolute atomic E-state index is 14.4. The zero-order chi connectivity index (χ0) is 19.4. The number of amides is 1. The van der Waals surface area contributed by atoms with E-state index >= 15 is 0 Å². The number of hydrogen-bond acceptors (Lipinski definition) is 4. The molecule has 1 aromatic heterocycles. The molecule has 7 heteroatoms. The molecule has 2 heterocycles. The van der Waals surface area contributed by atoms with Crippen molar-refractivity contribution in [3.05, 3.63) is 47.0 Å². The predicted molar refractivity (Wildman–Crippen MR) is 102 cm³/mol. The minimum absolute atomic E-state index is 0.154. The molecule has 6 nitrogen and oxygen atoms in total. The van der Waals surface area contributed by atoms with Crippen molar-refractivity contribution in [2.24, 2.45) is 0 Å². The number of anilines is 1. The molecule has 140 valence electrons. The van der Waals surface area contributed by atoms with Crippen LogP contribution in [0.15, 0.2) is 24.4 Å². The molecule has 0 aliphatic carbocycles. The second-order valence-electron chi connectivity index (χ2n) is 6.10. The van der Waals surface area contributed by atoms with Crippen molar-refractivity contribution in [2.75, 3.05) is 25.5 Å². The average molecular weight is 369 g/mol. The summed E-state index contributed by atoms with van der Waals surface area (Å²) in [5.74, 6) is 5.38. The van der Waals surface area contributed by atoms with Gasteiger partial charge in [0.2, 0.25) is 0 Å². The number of ether oxygens (including phenoxy) is 1. The summed E-state index contributed by atoms with van der Waals surface area (Å²) in [7, 11) is 1.53. The van der Waals surface area contributed by atoms with E-state index in [2.05, 4.69) is 27.5 Å². The van der Waals surface area contributed by atoms with E-state index in [-0.39, 0.29) is 11.5 Å². The van der Waals surface area contributed by atoms with Crippen molar-refractivity contribution >= 4 is 23.2 Å². The molecular weight excluding hydrogens is 349 g/mol. The number of aliphatic hydroxyl groups is 1. The number of rotatable bonds is 5. The highest BCUT2D eigenvalue weighted by molar-refractivity contribution is 6.35. The summed E-state index contributed by atoms with van der Waals surface area (Å²) >= 11 is 0. The highest BCUT2D eigenvalue weighted by atomic mass is 19.1. The summed E-state index contributed by atoms with van der Waals surface area (Å²) in [5, 5.41) is 14.9. The van der Waals surface area contributed by atoms with Crippen LogP contribution in [-0.2, 0) is 4.79 Å². The lowest BCUT2D eigenvalue weighted by Gasteiger charge is -2.05. The molecule has 0 saturated carbocycles. The maximum atomic E-state index is 14.4. The Kier molecular flexibility index (Phi) is 5.60. The molecular formula is C20H20FN3O3. The van der Waals surface area contributed by atoms with E-state index in [1.54, 1.807) is 25.3 Å². The smallest absolute Gasteiger partial charge is 0.256 e. The number of carbonyl (C=O) groups excluding carboxylic acids is 1. The molecule has 1 unspecified atom stereocenters. The van der Waals surface area contributed by atoms with Crippen molar-refractivity contribution in [1.29, 1.82) is 0 Å². The van der Waals surface area contributed by atoms with Gasteiger partial charge >= 0.3 is 0 Å². The van der Waals surface area contributed by atoms with Gasteiger partial charge in [0.15, 0.2) is 0 Å². The van der Waals surface area contributed by atoms with Gasteiger partial charge in [0.05, 0.1) is 42.3 Å². The van der Waals surface area contributed by atoms with Gasteiger partial charge in [-0.15, -0.1) is 0 Å². The third kappa shape index (κ3) is 4.03. The topological polar surface area (TPSA) is 86.4 Å². The Morgan fingerprint density at radius 3 is 2.96 bits per heavy atom. The normalized spacial score (nSPS) is 15.1. The first-order chi connectivity index (χ1) is 13.0. The summed E-state index contributed by atoms with van der Waals surface area (Å²) in [6, 6.07) is 4.54. The first kappa shape index (κ1) is 18.7. The lowest BCUT2D eigenvalue weighted by atomic mass is 9.99. The number of carbonyl (C=O) groups is 1. The fraction of sp³-hybridized carbons (Fsp3) is 0.250. The molecule has 3 rings (SSSR count). The molecule has 0 bridgehead atoms. The van der Waals surface area contributed by atoms with Crippen molar-refractivity contribution in [2.45, 2.75) is 13.0 Å². The average Bonchev–Trinajstić information content (AvgIpc) is 3.21. The summed E-state index contributed by atoms with van der Waals surface area (Å²) < 4.78 is 19.7. The van der Waals surface area contributed by atoms with Crippen LogP contribution in [0, 0.1) is 17.7 Å². The third-order valence-electron chi connectivity index (χ3n) is 4.03. The Labute approximate surface area is 156 Å². The van der Waals surface area contributed by atoms with Crippen molar-refractivity contribution < 1.29 is 19.0 Å². The molecule has 0 radical (unpaired) electrons. The second-order valence-corrected chi connectivity index (χ2v) is 6.10. The van der Waals surface area contributed by atoms with E-state index in [9.17, 15) is 14.3 Å². The van der Waals surface area contributed by atoms with Crippen LogP contribution in [0.3, 0.4) is 0 Å². The molecule has 1 aliphatic heterocycles. The Balaban J connectivity index is 1.98. The molecule has 1 aliphatic rings. The number of benzene rings is 1. The predicted octanol–water partition coefficient (Wildman–Crippen LogP) is 1.98. The van der Waals surface area contributed by atoms with Crippen LogP contribution >= 0.6 is 0 Å². The molecule has 27 heavy (non-hydrogen) atoms. The zero-order valence-corrected chi connectivity index (χ0v) is 15.0. The molecule has 4 N–H and O–H groups in total. The summed E-state index contributed by atoms with van der Waals surface area (Å²) in [6.45, 7) is 2.34. The molecule has 0 saturated heterocycles. The number of aromatic amines is 1. The molecule has 0 fully saturated rings. The summed E-state index contributed by atoms with van der Waals surface area (Å²) in [6.07, 6.45) is 2.83. The van der Waals surface area contributed by atoms with E-state index in [0.717, 1.165) is 0 Å². The number of halogens is 1. The van der Waals surface area contributed by atoms with Gasteiger partial charge in [-0.1, -0.05) is 11.8 Å². The van der Waals surface area contributed by atoms with Crippen LogP contribution in [0.4, 0.5) is 10.1 Å². The van der Waals surface area contributed by atoms with Crippen molar-refractivity contribution in [3.63, 3.8) is 0 Å². The van der Waals surface area contributed by atoms with Gasteiger partial charge in [0, 0.05) is 18.3 Å². The van der Waals surface area contributed by atoms with E-state index in [4.69, 9.17) is 4.74 Å². The van der Waals surface area contributed by atoms with Crippen molar-refractivity contribution in [3.8, 4) is 17.6 Å². The molecule has 0 spiro atoms. The van der Waals surface area contributed by atoms with E-state index in [1.165, 1.54) is 19.2 Å². The number of methoxy groups -OCH3 is 1. The van der Waals surface area contributed by atoms with Crippen LogP contribution in [0.25, 0.3) is 11.6 Å². The van der Waals surface area contributed by atoms with Crippen LogP contribution in [0.1, 0.15) is 23.7 Å². The Morgan fingerprint density at radius 1 is 1.41 bits per heavy atom. The second kappa shape index (κ2) is 8.08. The minimum atomic E-state index is -0.502. The van der Waals surface area contributed by atoms with Crippen molar-refractivity contribution in [1.82, 2.24) is 10.3 Å². The van der Waals surface area contributed by atoms with Gasteiger partial charge in [-0.2, -0.15) is 0 Å². The lowest BCUT2D eigenvalue weighted by molar-refractivity contribution is -0.110. The van der Waals surface area contributed by atoms with E-state index in [1.807, 2.05) is 0 Å². The van der Waals surface area contributed by atoms with E-state index < -0.39 is 11.9 Å². The number of aromatic nitrogens is 1. The third-order valence-corrected chi connectivity index (χ3v) is 4.03. The number of H-pyrrole nitrogens is 1. The molecule has 2 aromatic rings. The zero-order valence-electron chi connectivity index (χ0n) is 15.0. The van der Waals surface area contributed by atoms with E-state index in [0.29, 0.717) is 41.4 Å². The Hall–Kier alpha value is -3.08. The minimum Gasteiger partial charge on any atom is -0.495 e. The van der Waals surface area contributed by atoms with Crippen LogP contribution in [0.2, 0.25) is 0 Å². The fourth-order valence-electron chi connectivity index (χ4n) is 2.80. The van der Waals surface area contributed by atoms with Gasteiger partial charge in [0.25, 0.3) is 5.91 Å². The largest absolute Gasteiger partial charge is 0.495 e. The number of nitrogens with one attached hydrogen (secondary N) is 3. The monoisotopic (exact) mass is 369 g/mol. The van der Waals surface area contributed by atoms with Gasteiger partial charge in [-0.25, -0.2) is 4.39 Å². The van der Waals surface area contributed by atoms with Gasteiger partial charge in [0.1, 0.15) is 11.6 Å². The fourth-order valence-corrected chi connectivity index (χ4v) is 2.80. The van der Waals surface area contributed by atoms with Crippen LogP contribution in [0.5, 0.6) is 5.75 Å². The maximum Gasteiger partial charge on any atom is 0.256 e. The van der Waals surface area contributed by atoms with Gasteiger partial charge < -0.3 is 25.5 Å². The van der Waals surface area contributed by atoms with Gasteiger partial charge in [-0.05, 0) is 31.2 Å². The molecule has 1 atom stereocenters. The number of fused-ring (bicyclic) bond motifs is 1. The summed E-state index contributed by atoms with van der Waals surface area (Å²) in [5.41, 5.74) is 2.02. The first-order valence-corrected chi connectivity index (χ1v) is 8.46. The Morgan fingerprint density at radius 2 is 2.22 bits per heavy atom. The summed E-state index contributed by atoms with van der Waals surface area (Å²) in [4.78, 5) is 15.4. The highest BCUT2D eigenvalue weighted by Crippen LogP contribution is 2.37. The van der Waals surface area contributed by atoms with Crippen LogP contribution < -0.4 is 15.4 Å². The SMILES string of the molecule is COc1cc[nH]c1C=C1C(=O)Nc2ccc(F)c(C#CCNCC(C)O)c21. The number of aliphatic hydroxyl groups excluding tert-OH is 1. The standard InChI is InChI=1S/C20H20FN3O3/c1-12(25)11-22-8-3-4-13-15(21)5-6-16-19(13)14(20(26)24-16)10-17-18(27-2)7-9-23-17/h5-7,9-10,12,22-23,25H,8,11H2,1-2H3,(H,24,26). The Bertz CT molecular complexity index is 951. The molecule has 1 amide bonds. The number of hydrogen-bond donors (Lipinski definition) is 4.